The number of guanidine groups is 1. The van der Waals surface area contributed by atoms with E-state index in [9.17, 15) is 4.79 Å². The topological polar surface area (TPSA) is 88.2 Å². The fourth-order valence-corrected chi connectivity index (χ4v) is 3.36. The second-order valence-electron chi connectivity index (χ2n) is 5.71. The van der Waals surface area contributed by atoms with Gasteiger partial charge < -0.3 is 15.8 Å². The second kappa shape index (κ2) is 6.74. The Morgan fingerprint density at radius 3 is 2.17 bits per heavy atom. The summed E-state index contributed by atoms with van der Waals surface area (Å²) in [6, 6.07) is 16.3. The Bertz CT molecular complexity index is 727. The number of fused-ring (bicyclic) bond motifs is 3. The summed E-state index contributed by atoms with van der Waals surface area (Å²) in [5.74, 6) is 0.116. The molecule has 0 aromatic heterocycles. The maximum absolute atomic E-state index is 12.4. The molecule has 0 spiro atoms. The number of methoxy groups -OCH3 is 1. The number of carbonyl (C=O) groups is 1. The quantitative estimate of drug-likeness (QED) is 0.448. The van der Waals surface area contributed by atoms with Crippen LogP contribution < -0.4 is 11.1 Å². The zero-order chi connectivity index (χ0) is 17.1. The van der Waals surface area contributed by atoms with Crippen molar-refractivity contribution in [3.8, 4) is 11.1 Å². The van der Waals surface area contributed by atoms with Gasteiger partial charge in [-0.15, -0.1) is 0 Å². The fourth-order valence-electron chi connectivity index (χ4n) is 3.36. The zero-order valence-electron chi connectivity index (χ0n) is 13.5. The summed E-state index contributed by atoms with van der Waals surface area (Å²) in [6.07, 6.45) is 0.458. The molecular formula is C19H20N3O2. The van der Waals surface area contributed by atoms with Crippen molar-refractivity contribution in [2.75, 3.05) is 13.7 Å². The van der Waals surface area contributed by atoms with Crippen molar-refractivity contribution in [2.24, 2.45) is 5.73 Å². The van der Waals surface area contributed by atoms with Crippen LogP contribution in [-0.4, -0.2) is 25.6 Å². The van der Waals surface area contributed by atoms with Crippen LogP contribution in [0.2, 0.25) is 0 Å². The first-order chi connectivity index (χ1) is 11.6. The highest BCUT2D eigenvalue weighted by molar-refractivity contribution is 5.91. The van der Waals surface area contributed by atoms with Gasteiger partial charge in [0.1, 0.15) is 0 Å². The van der Waals surface area contributed by atoms with E-state index >= 15 is 0 Å². The average molecular weight is 322 g/mol. The smallest absolute Gasteiger partial charge is 0.314 e. The van der Waals surface area contributed by atoms with Gasteiger partial charge in [0.2, 0.25) is 0 Å². The van der Waals surface area contributed by atoms with Gasteiger partial charge in [-0.25, -0.2) is 0 Å². The van der Waals surface area contributed by atoms with E-state index in [2.05, 4.69) is 29.6 Å². The van der Waals surface area contributed by atoms with Crippen LogP contribution in [0.3, 0.4) is 0 Å². The van der Waals surface area contributed by atoms with Gasteiger partial charge in [0.15, 0.2) is 5.96 Å². The zero-order valence-corrected chi connectivity index (χ0v) is 13.5. The van der Waals surface area contributed by atoms with Crippen LogP contribution in [0.1, 0.15) is 23.5 Å². The predicted octanol–water partition coefficient (Wildman–Crippen LogP) is 2.42. The minimum absolute atomic E-state index is 0.105. The van der Waals surface area contributed by atoms with Crippen molar-refractivity contribution in [1.29, 1.82) is 5.41 Å². The Balaban J connectivity index is 2.00. The van der Waals surface area contributed by atoms with Crippen LogP contribution >= 0.6 is 0 Å². The van der Waals surface area contributed by atoms with Crippen LogP contribution in [0.4, 0.5) is 0 Å². The molecule has 3 rings (SSSR count). The Labute approximate surface area is 141 Å². The molecule has 0 saturated carbocycles. The van der Waals surface area contributed by atoms with Crippen molar-refractivity contribution < 1.29 is 9.53 Å². The number of hydrogen-bond acceptors (Lipinski definition) is 3. The lowest BCUT2D eigenvalue weighted by Crippen LogP contribution is -2.33. The molecule has 123 valence electrons. The number of nitrogens with two attached hydrogens (primary N) is 1. The van der Waals surface area contributed by atoms with Crippen molar-refractivity contribution in [3.63, 3.8) is 0 Å². The molecule has 0 fully saturated rings. The van der Waals surface area contributed by atoms with Gasteiger partial charge in [0.25, 0.3) is 0 Å². The third-order valence-corrected chi connectivity index (χ3v) is 4.34. The van der Waals surface area contributed by atoms with E-state index in [1.54, 1.807) is 0 Å². The lowest BCUT2D eigenvalue weighted by atomic mass is 9.82. The Morgan fingerprint density at radius 2 is 1.67 bits per heavy atom. The number of nitrogens with one attached hydrogen (secondary N) is 2. The first-order valence-electron chi connectivity index (χ1n) is 7.83. The Morgan fingerprint density at radius 1 is 1.12 bits per heavy atom. The standard InChI is InChI=1S/C19H20N3O2/c1-24-18(23)16(10-11-22-19(20)21)17-14-8-4-2-6-12(14)13-7-3-5-9-15(13)17/h2-9,17H,10-11H2,1H3,(H4,20,21,22). The molecule has 0 atom stereocenters. The van der Waals surface area contributed by atoms with Gasteiger partial charge in [-0.05, 0) is 28.7 Å². The molecule has 4 N–H and O–H groups in total. The molecule has 0 heterocycles. The number of esters is 1. The van der Waals surface area contributed by atoms with E-state index in [1.807, 2.05) is 24.3 Å². The predicted molar refractivity (Wildman–Crippen MR) is 93.5 cm³/mol. The van der Waals surface area contributed by atoms with Crippen molar-refractivity contribution in [3.05, 3.63) is 65.6 Å². The van der Waals surface area contributed by atoms with Gasteiger partial charge in [-0.1, -0.05) is 48.5 Å². The second-order valence-corrected chi connectivity index (χ2v) is 5.71. The van der Waals surface area contributed by atoms with Crippen molar-refractivity contribution in [1.82, 2.24) is 5.32 Å². The van der Waals surface area contributed by atoms with E-state index in [0.29, 0.717) is 18.9 Å². The van der Waals surface area contributed by atoms with E-state index in [4.69, 9.17) is 15.9 Å². The Kier molecular flexibility index (Phi) is 4.51. The molecule has 0 aliphatic heterocycles. The number of carbonyl (C=O) groups excluding carboxylic acids is 1. The molecule has 0 bridgehead atoms. The third-order valence-electron chi connectivity index (χ3n) is 4.34. The molecule has 5 nitrogen and oxygen atoms in total. The van der Waals surface area contributed by atoms with E-state index in [1.165, 1.54) is 7.11 Å². The molecule has 1 aliphatic rings. The van der Waals surface area contributed by atoms with Gasteiger partial charge in [0, 0.05) is 12.5 Å². The van der Waals surface area contributed by atoms with Gasteiger partial charge in [-0.3, -0.25) is 10.2 Å². The van der Waals surface area contributed by atoms with Crippen LogP contribution in [0, 0.1) is 11.3 Å². The molecule has 24 heavy (non-hydrogen) atoms. The molecule has 0 saturated heterocycles. The van der Waals surface area contributed by atoms with Gasteiger partial charge in [0.05, 0.1) is 13.0 Å². The molecule has 1 aliphatic carbocycles. The first kappa shape index (κ1) is 16.1. The first-order valence-corrected chi connectivity index (χ1v) is 7.83. The highest BCUT2D eigenvalue weighted by Crippen LogP contribution is 2.49. The van der Waals surface area contributed by atoms with Gasteiger partial charge >= 0.3 is 5.97 Å². The fraction of sp³-hybridized carbons (Fsp3) is 0.211. The van der Waals surface area contributed by atoms with Gasteiger partial charge in [-0.2, -0.15) is 0 Å². The molecule has 5 heteroatoms. The number of ether oxygens (including phenoxy) is 1. The molecule has 0 unspecified atom stereocenters. The summed E-state index contributed by atoms with van der Waals surface area (Å²) in [5.41, 5.74) is 9.87. The molecular weight excluding hydrogens is 302 g/mol. The third kappa shape index (κ3) is 2.85. The van der Waals surface area contributed by atoms with Crippen LogP contribution in [0.15, 0.2) is 48.5 Å². The van der Waals surface area contributed by atoms with Crippen molar-refractivity contribution >= 4 is 11.9 Å². The Hall–Kier alpha value is -2.82. The summed E-state index contributed by atoms with van der Waals surface area (Å²) in [5, 5.41) is 10.0. The average Bonchev–Trinajstić information content (AvgIpc) is 2.92. The normalized spacial score (nSPS) is 12.6. The monoisotopic (exact) mass is 322 g/mol. The lowest BCUT2D eigenvalue weighted by Gasteiger charge is -2.23. The summed E-state index contributed by atoms with van der Waals surface area (Å²) >= 11 is 0. The number of rotatable bonds is 5. The van der Waals surface area contributed by atoms with E-state index in [-0.39, 0.29) is 17.8 Å². The number of benzene rings is 2. The maximum atomic E-state index is 12.4. The van der Waals surface area contributed by atoms with Crippen molar-refractivity contribution in [2.45, 2.75) is 12.3 Å². The van der Waals surface area contributed by atoms with Crippen LogP contribution in [-0.2, 0) is 9.53 Å². The van der Waals surface area contributed by atoms with Crippen LogP contribution in [0.5, 0.6) is 0 Å². The highest BCUT2D eigenvalue weighted by atomic mass is 16.5. The van der Waals surface area contributed by atoms with E-state index in [0.717, 1.165) is 22.3 Å². The van der Waals surface area contributed by atoms with Crippen LogP contribution in [0.25, 0.3) is 11.1 Å². The summed E-state index contributed by atoms with van der Waals surface area (Å²) in [4.78, 5) is 12.4. The summed E-state index contributed by atoms with van der Waals surface area (Å²) in [6.45, 7) is 0.417. The molecule has 1 radical (unpaired) electrons. The summed E-state index contributed by atoms with van der Waals surface area (Å²) < 4.78 is 5.02. The number of hydrogen-bond donors (Lipinski definition) is 3. The SMILES string of the molecule is COC(=O)[C](CCNC(=N)N)C1c2ccccc2-c2ccccc21. The largest absolute Gasteiger partial charge is 0.469 e. The highest BCUT2D eigenvalue weighted by Gasteiger charge is 2.38. The molecule has 2 aromatic carbocycles. The maximum Gasteiger partial charge on any atom is 0.314 e. The lowest BCUT2D eigenvalue weighted by molar-refractivity contribution is -0.138. The molecule has 2 aromatic rings. The van der Waals surface area contributed by atoms with E-state index < -0.39 is 0 Å². The molecule has 0 amide bonds. The summed E-state index contributed by atoms with van der Waals surface area (Å²) in [7, 11) is 1.40. The minimum atomic E-state index is -0.322. The minimum Gasteiger partial charge on any atom is -0.469 e.